The van der Waals surface area contributed by atoms with E-state index in [1.165, 1.54) is 27.7 Å². The number of halogens is 5. The van der Waals surface area contributed by atoms with Crippen LogP contribution in [0.1, 0.15) is 232 Å². The Morgan fingerprint density at radius 3 is 0.758 bits per heavy atom. The van der Waals surface area contributed by atoms with Crippen molar-refractivity contribution in [2.24, 2.45) is 62.4 Å². The molecule has 5 atom stereocenters. The number of unbranched alkanes of at least 4 members (excludes halogenated alkanes) is 10. The largest absolute Gasteiger partial charge is 0.477 e. The highest BCUT2D eigenvalue weighted by molar-refractivity contribution is 6.36. The molecule has 91 heavy (non-hydrogen) atoms. The maximum absolute atomic E-state index is 11.9. The van der Waals surface area contributed by atoms with Gasteiger partial charge in [0.05, 0.1) is 17.1 Å². The molecule has 0 unspecified atom stereocenters. The highest BCUT2D eigenvalue weighted by Gasteiger charge is 2.53. The van der Waals surface area contributed by atoms with Gasteiger partial charge in [0.15, 0.2) is 28.9 Å². The van der Waals surface area contributed by atoms with Gasteiger partial charge in [-0.15, -0.1) is 58.0 Å². The predicted octanol–water partition coefficient (Wildman–Crippen LogP) is 14.1. The summed E-state index contributed by atoms with van der Waals surface area (Å²) in [5, 5.41) is 19.8. The molecule has 0 radical (unpaired) electrons. The van der Waals surface area contributed by atoms with Crippen LogP contribution in [-0.2, 0) is 52.7 Å². The van der Waals surface area contributed by atoms with Crippen molar-refractivity contribution in [2.75, 3.05) is 29.4 Å². The molecule has 17 nitrogen and oxygen atoms in total. The first-order valence-electron chi connectivity index (χ1n) is 32.2. The molecule has 0 aromatic heterocycles. The van der Waals surface area contributed by atoms with Crippen LogP contribution >= 0.6 is 58.0 Å². The third-order valence-corrected chi connectivity index (χ3v) is 18.1. The van der Waals surface area contributed by atoms with Gasteiger partial charge < -0.3 is 32.1 Å². The maximum atomic E-state index is 11.9. The van der Waals surface area contributed by atoms with E-state index < -0.39 is 5.97 Å². The number of carboxylic acid groups (broad SMARTS) is 1. The number of ketones is 5. The Balaban J connectivity index is 0.00000109. The van der Waals surface area contributed by atoms with Crippen molar-refractivity contribution in [3.8, 4) is 0 Å². The summed E-state index contributed by atoms with van der Waals surface area (Å²) in [6, 6.07) is 0. The lowest BCUT2D eigenvalue weighted by Gasteiger charge is -2.08. The highest BCUT2D eigenvalue weighted by Crippen LogP contribution is 2.54. The van der Waals surface area contributed by atoms with Gasteiger partial charge in [-0.1, -0.05) is 100.0 Å². The molecule has 0 aromatic rings. The number of aliphatic carboxylic acids is 1. The van der Waals surface area contributed by atoms with Crippen LogP contribution in [0.2, 0.25) is 0 Å². The number of alkyl halides is 5. The fourth-order valence-corrected chi connectivity index (χ4v) is 10.2. The Labute approximate surface area is 568 Å². The molecule has 5 amide bonds. The zero-order chi connectivity index (χ0) is 70.1. The van der Waals surface area contributed by atoms with Gasteiger partial charge in [0, 0.05) is 93.1 Å². The minimum absolute atomic E-state index is 0.00627. The summed E-state index contributed by atoms with van der Waals surface area (Å²) in [5.74, 6) is 0.935. The van der Waals surface area contributed by atoms with Crippen LogP contribution in [0, 0.1) is 56.7 Å². The van der Waals surface area contributed by atoms with Crippen LogP contribution in [0.25, 0.3) is 0 Å². The molecule has 0 saturated heterocycles. The summed E-state index contributed by atoms with van der Waals surface area (Å²) in [7, 11) is 0. The van der Waals surface area contributed by atoms with E-state index in [9.17, 15) is 52.7 Å². The summed E-state index contributed by atoms with van der Waals surface area (Å²) < 4.78 is 0. The van der Waals surface area contributed by atoms with Crippen LogP contribution in [0.5, 0.6) is 0 Å². The van der Waals surface area contributed by atoms with Gasteiger partial charge in [-0.3, -0.25) is 47.9 Å². The molecule has 518 valence electrons. The number of hydrogen-bond donors (Lipinski definition) is 6. The Morgan fingerprint density at radius 1 is 0.363 bits per heavy atom. The lowest BCUT2D eigenvalue weighted by atomic mass is 10.1. The first-order chi connectivity index (χ1) is 42.2. The number of primary amides is 1. The first-order valence-corrected chi connectivity index (χ1v) is 34.9. The number of Topliss-reactive ketones (excluding diaryl/α,β-unsaturated/α-hetero) is 5. The van der Waals surface area contributed by atoms with Crippen LogP contribution < -0.4 is 27.0 Å². The van der Waals surface area contributed by atoms with Crippen molar-refractivity contribution in [3.63, 3.8) is 0 Å². The van der Waals surface area contributed by atoms with E-state index in [0.29, 0.717) is 59.3 Å². The Hall–Kier alpha value is -4.42. The Morgan fingerprint density at radius 2 is 0.582 bits per heavy atom. The van der Waals surface area contributed by atoms with Gasteiger partial charge in [-0.2, -0.15) is 0 Å². The molecular weight excluding hydrogens is 1270 g/mol. The molecule has 0 bridgehead atoms. The second-order valence-electron chi connectivity index (χ2n) is 27.7. The number of nitrogens with one attached hydrogen (secondary N) is 4. The number of carbonyl (C=O) groups is 11. The standard InChI is InChI=1S/3C14H22ClNO2.C13H20ClNO3.C8H13ClO2.C6H11NO/c3*1-10(17)12(7-5-4-6-8-15)16-13(18)11-9-14(11,2)3;1-13(2)8-9(13)11(16)15-10(12(17)18)6-4-3-5-7-14;1-7(10)8(11)5-3-2-4-6-9;1-6(2)3-4(6)5(7)8/h3*7,11H,4-6,8-9H2,1-3H3,(H,16,18);6,9H,3-5,7-8H2,1-2H3,(H,15,16)(H,17,18);2-6H2,1H3;4H,3H2,1-2H3,(H2,7,8)/b12-7+;2*12-7-;10-6-;;/t3*11-;9-;;4-/m1111.1/s1. The zero-order valence-corrected chi connectivity index (χ0v) is 60.8. The lowest BCUT2D eigenvalue weighted by Crippen LogP contribution is -2.29. The highest BCUT2D eigenvalue weighted by atomic mass is 35.5. The molecule has 5 fully saturated rings. The molecular formula is C69H110Cl5N5O12. The molecule has 5 rings (SSSR count). The lowest BCUT2D eigenvalue weighted by molar-refractivity contribution is -0.135. The summed E-state index contributed by atoms with van der Waals surface area (Å²) in [5.41, 5.74) is 6.79. The summed E-state index contributed by atoms with van der Waals surface area (Å²) in [6.07, 6.45) is 24.7. The van der Waals surface area contributed by atoms with Crippen molar-refractivity contribution in [1.29, 1.82) is 0 Å². The summed E-state index contributed by atoms with van der Waals surface area (Å²) in [4.78, 5) is 124. The molecule has 0 heterocycles. The third kappa shape index (κ3) is 37.3. The van der Waals surface area contributed by atoms with E-state index in [0.717, 1.165) is 122 Å². The second-order valence-corrected chi connectivity index (χ2v) is 29.6. The third-order valence-electron chi connectivity index (χ3n) is 16.8. The molecule has 5 saturated carbocycles. The van der Waals surface area contributed by atoms with E-state index in [1.807, 2.05) is 32.1 Å². The number of rotatable bonds is 35. The van der Waals surface area contributed by atoms with Crippen molar-refractivity contribution < 1.29 is 57.8 Å². The number of carboxylic acids is 1. The molecule has 0 aliphatic heterocycles. The van der Waals surface area contributed by atoms with Crippen LogP contribution in [0.4, 0.5) is 0 Å². The number of nitrogens with two attached hydrogens (primary N) is 1. The monoisotopic (exact) mass is 1380 g/mol. The van der Waals surface area contributed by atoms with E-state index in [-0.39, 0.29) is 121 Å². The van der Waals surface area contributed by atoms with E-state index in [4.69, 9.17) is 68.8 Å². The minimum Gasteiger partial charge on any atom is -0.477 e. The smallest absolute Gasteiger partial charge is 0.352 e. The van der Waals surface area contributed by atoms with Crippen molar-refractivity contribution in [2.45, 2.75) is 232 Å². The SMILES string of the molecule is CC(=O)/C(=C/CCCCCl)NC(=O)[C@H]1CC1(C)C.CC(=O)/C(=C/CCCCCl)NC(=O)[C@H]1CC1(C)C.CC(=O)/C(=C\CCCCCl)NC(=O)[C@H]1CC1(C)C.CC(=O)C(=O)CCCCCCl.CC1(C)C[C@@H]1C(=O)N/C(=C\CCCCCl)C(=O)O.CC1(C)C[C@@H]1C(N)=O. The van der Waals surface area contributed by atoms with Gasteiger partial charge in [0.2, 0.25) is 29.5 Å². The normalized spacial score (nSPS) is 21.0. The van der Waals surface area contributed by atoms with E-state index in [2.05, 4.69) is 76.7 Å². The molecule has 5 aliphatic rings. The summed E-state index contributed by atoms with van der Waals surface area (Å²) in [6.45, 7) is 26.2. The maximum Gasteiger partial charge on any atom is 0.352 e. The fourth-order valence-electron chi connectivity index (χ4n) is 9.21. The molecule has 7 N–H and O–H groups in total. The average molecular weight is 1380 g/mol. The van der Waals surface area contributed by atoms with Gasteiger partial charge in [-0.25, -0.2) is 4.79 Å². The van der Waals surface area contributed by atoms with Crippen molar-refractivity contribution in [1.82, 2.24) is 21.3 Å². The number of carbonyl (C=O) groups excluding carboxylic acids is 10. The van der Waals surface area contributed by atoms with Crippen LogP contribution in [0.15, 0.2) is 47.1 Å². The topological polar surface area (TPSA) is 282 Å². The van der Waals surface area contributed by atoms with Gasteiger partial charge in [0.1, 0.15) is 5.70 Å². The van der Waals surface area contributed by atoms with Gasteiger partial charge in [-0.05, 0) is 149 Å². The first kappa shape index (κ1) is 86.6. The zero-order valence-electron chi connectivity index (χ0n) is 57.0. The molecule has 5 aliphatic carbocycles. The quantitative estimate of drug-likeness (QED) is 0.0150. The number of hydrogen-bond acceptors (Lipinski definition) is 11. The Kier molecular flexibility index (Phi) is 40.7. The van der Waals surface area contributed by atoms with Gasteiger partial charge >= 0.3 is 5.97 Å². The van der Waals surface area contributed by atoms with Crippen molar-refractivity contribution in [3.05, 3.63) is 47.1 Å². The average Bonchev–Trinajstić information content (AvgIpc) is 1.72. The minimum atomic E-state index is -1.09. The van der Waals surface area contributed by atoms with Gasteiger partial charge in [0.25, 0.3) is 0 Å². The fraction of sp³-hybridized carbons (Fsp3) is 0.725. The predicted molar refractivity (Wildman–Crippen MR) is 366 cm³/mol. The molecule has 0 aromatic carbocycles. The van der Waals surface area contributed by atoms with Crippen LogP contribution in [-0.4, -0.2) is 98.9 Å². The Bertz CT molecular complexity index is 2310. The van der Waals surface area contributed by atoms with E-state index in [1.54, 1.807) is 6.08 Å². The number of allylic oxidation sites excluding steroid dienone is 7. The summed E-state index contributed by atoms with van der Waals surface area (Å²) >= 11 is 27.7. The van der Waals surface area contributed by atoms with Crippen molar-refractivity contribution >= 4 is 122 Å². The van der Waals surface area contributed by atoms with Crippen LogP contribution in [0.3, 0.4) is 0 Å². The molecule has 22 heteroatoms. The second kappa shape index (κ2) is 42.8. The van der Waals surface area contributed by atoms with E-state index >= 15 is 0 Å². The number of amides is 5. The molecule has 0 spiro atoms.